The third kappa shape index (κ3) is 7.93. The van der Waals surface area contributed by atoms with Crippen molar-refractivity contribution in [3.8, 4) is 0 Å². The fraction of sp³-hybridized carbons (Fsp3) is 0.385. The number of aromatic nitrogens is 2. The molecule has 50 heavy (non-hydrogen) atoms. The van der Waals surface area contributed by atoms with E-state index in [4.69, 9.17) is 20.9 Å². The first kappa shape index (κ1) is 37.5. The molecule has 11 heteroatoms. The van der Waals surface area contributed by atoms with Crippen LogP contribution in [0.4, 0.5) is 21.1 Å². The van der Waals surface area contributed by atoms with E-state index in [1.165, 1.54) is 0 Å². The summed E-state index contributed by atoms with van der Waals surface area (Å²) < 4.78 is 12.7. The number of hydrogen-bond donors (Lipinski definition) is 4. The Bertz CT molecular complexity index is 1630. The Morgan fingerprint density at radius 3 is 1.62 bits per heavy atom. The van der Waals surface area contributed by atoms with E-state index in [2.05, 4.69) is 52.1 Å². The third-order valence-electron chi connectivity index (χ3n) is 9.44. The van der Waals surface area contributed by atoms with Crippen LogP contribution >= 0.6 is 0 Å². The van der Waals surface area contributed by atoms with Crippen molar-refractivity contribution in [2.24, 2.45) is 35.3 Å². The number of nitrogens with zero attached hydrogens (tertiary/aromatic N) is 2. The largest absolute Gasteiger partial charge is 0.450 e. The molecule has 266 valence electrons. The fourth-order valence-electron chi connectivity index (χ4n) is 7.10. The topological polar surface area (TPSA) is 164 Å². The lowest BCUT2D eigenvalue weighted by molar-refractivity contribution is -0.156. The number of benzene rings is 3. The van der Waals surface area contributed by atoms with Gasteiger partial charge < -0.3 is 31.6 Å². The van der Waals surface area contributed by atoms with Gasteiger partial charge >= 0.3 is 12.2 Å². The molecular formula is C39H50N6O5. The number of nitrogens with one attached hydrogen (secondary N) is 2. The van der Waals surface area contributed by atoms with Gasteiger partial charge in [0.2, 0.25) is 5.91 Å². The minimum absolute atomic E-state index is 0.0852. The summed E-state index contributed by atoms with van der Waals surface area (Å²) in [5.41, 5.74) is 10.9. The fourth-order valence-corrected chi connectivity index (χ4v) is 7.10. The van der Waals surface area contributed by atoms with Crippen LogP contribution in [0.15, 0.2) is 97.2 Å². The second kappa shape index (κ2) is 15.1. The SMILES string of the molecule is Cn1ncc(NC(=O)C(CCOC(N)=O)CC(OC(N)=O)(C(C)(C)C)C(C)(C)C)c1NC(c1ccccc1)(c1ccccc1)c1ccccc1. The molecule has 11 nitrogen and oxygen atoms in total. The standard InChI is InChI=1S/C39H50N6O5/c1-36(2,3)38(37(4,5)6,50-35(41)48)25-27(23-24-49-34(40)47)33(46)43-31-26-42-45(7)32(31)44-39(28-17-11-8-12-18-28,29-19-13-9-14-20-29)30-21-15-10-16-22-30/h8-22,26-27,44H,23-25H2,1-7H3,(H2,40,47)(H2,41,48)(H,43,46). The van der Waals surface area contributed by atoms with Gasteiger partial charge in [0.25, 0.3) is 0 Å². The maximum atomic E-state index is 14.4. The lowest BCUT2D eigenvalue weighted by Gasteiger charge is -2.53. The minimum Gasteiger partial charge on any atom is -0.450 e. The van der Waals surface area contributed by atoms with E-state index in [9.17, 15) is 14.4 Å². The van der Waals surface area contributed by atoms with Crippen LogP contribution in [-0.4, -0.2) is 40.1 Å². The van der Waals surface area contributed by atoms with Gasteiger partial charge in [-0.2, -0.15) is 5.10 Å². The Kier molecular flexibility index (Phi) is 11.3. The summed E-state index contributed by atoms with van der Waals surface area (Å²) in [5.74, 6) is -0.638. The van der Waals surface area contributed by atoms with E-state index in [0.717, 1.165) is 16.7 Å². The smallest absolute Gasteiger partial charge is 0.405 e. The van der Waals surface area contributed by atoms with Gasteiger partial charge in [-0.1, -0.05) is 133 Å². The zero-order valence-corrected chi connectivity index (χ0v) is 30.0. The molecular weight excluding hydrogens is 632 g/mol. The highest BCUT2D eigenvalue weighted by Gasteiger charge is 2.55. The van der Waals surface area contributed by atoms with Gasteiger partial charge in [-0.3, -0.25) is 9.48 Å². The van der Waals surface area contributed by atoms with E-state index in [0.29, 0.717) is 11.5 Å². The Morgan fingerprint density at radius 1 is 0.760 bits per heavy atom. The number of amides is 3. The predicted molar refractivity (Wildman–Crippen MR) is 195 cm³/mol. The van der Waals surface area contributed by atoms with Crippen molar-refractivity contribution >= 4 is 29.6 Å². The highest BCUT2D eigenvalue weighted by Crippen LogP contribution is 2.51. The van der Waals surface area contributed by atoms with Crippen LogP contribution in [0, 0.1) is 16.7 Å². The van der Waals surface area contributed by atoms with Crippen LogP contribution in [-0.2, 0) is 26.9 Å². The number of ether oxygens (including phenoxy) is 2. The predicted octanol–water partition coefficient (Wildman–Crippen LogP) is 7.18. The number of hydrogen-bond acceptors (Lipinski definition) is 7. The molecule has 0 aliphatic heterocycles. The van der Waals surface area contributed by atoms with Crippen molar-refractivity contribution < 1.29 is 23.9 Å². The van der Waals surface area contributed by atoms with E-state index < -0.39 is 40.1 Å². The number of carbonyl (C=O) groups is 3. The lowest BCUT2D eigenvalue weighted by Crippen LogP contribution is -2.58. The van der Waals surface area contributed by atoms with Crippen molar-refractivity contribution in [1.29, 1.82) is 0 Å². The summed E-state index contributed by atoms with van der Waals surface area (Å²) in [6, 6.07) is 30.3. The van der Waals surface area contributed by atoms with Crippen LogP contribution in [0.5, 0.6) is 0 Å². The summed E-state index contributed by atoms with van der Waals surface area (Å²) in [4.78, 5) is 38.3. The molecule has 0 spiro atoms. The van der Waals surface area contributed by atoms with E-state index in [1.54, 1.807) is 17.9 Å². The first-order valence-corrected chi connectivity index (χ1v) is 16.7. The van der Waals surface area contributed by atoms with Gasteiger partial charge in [-0.05, 0) is 23.1 Å². The van der Waals surface area contributed by atoms with Gasteiger partial charge in [-0.15, -0.1) is 0 Å². The van der Waals surface area contributed by atoms with Crippen molar-refractivity contribution in [3.05, 3.63) is 114 Å². The molecule has 6 N–H and O–H groups in total. The van der Waals surface area contributed by atoms with Crippen molar-refractivity contribution in [2.45, 2.75) is 65.5 Å². The molecule has 3 aromatic carbocycles. The third-order valence-corrected chi connectivity index (χ3v) is 9.44. The van der Waals surface area contributed by atoms with E-state index in [-0.39, 0.29) is 25.4 Å². The van der Waals surface area contributed by atoms with Crippen LogP contribution in [0.1, 0.15) is 71.1 Å². The Labute approximate surface area is 294 Å². The molecule has 1 heterocycles. The molecule has 4 aromatic rings. The van der Waals surface area contributed by atoms with Gasteiger partial charge in [-0.25, -0.2) is 9.59 Å². The average molecular weight is 683 g/mol. The molecule has 0 saturated carbocycles. The van der Waals surface area contributed by atoms with Crippen LogP contribution in [0.3, 0.4) is 0 Å². The van der Waals surface area contributed by atoms with Crippen LogP contribution in [0.25, 0.3) is 0 Å². The van der Waals surface area contributed by atoms with Crippen molar-refractivity contribution in [1.82, 2.24) is 9.78 Å². The van der Waals surface area contributed by atoms with Crippen LogP contribution in [0.2, 0.25) is 0 Å². The van der Waals surface area contributed by atoms with Crippen LogP contribution < -0.4 is 22.1 Å². The van der Waals surface area contributed by atoms with Gasteiger partial charge in [0.1, 0.15) is 22.6 Å². The summed E-state index contributed by atoms with van der Waals surface area (Å²) >= 11 is 0. The molecule has 0 saturated heterocycles. The molecule has 1 unspecified atom stereocenters. The molecule has 0 fully saturated rings. The Hall–Kier alpha value is -5.32. The summed E-state index contributed by atoms with van der Waals surface area (Å²) in [6.45, 7) is 11.5. The van der Waals surface area contributed by atoms with Crippen molar-refractivity contribution in [3.63, 3.8) is 0 Å². The van der Waals surface area contributed by atoms with Gasteiger partial charge in [0, 0.05) is 30.2 Å². The number of aryl methyl sites for hydroxylation is 1. The molecule has 0 aliphatic carbocycles. The normalized spacial score (nSPS) is 12.9. The van der Waals surface area contributed by atoms with E-state index in [1.807, 2.05) is 96.1 Å². The number of primary amides is 2. The van der Waals surface area contributed by atoms with Crippen molar-refractivity contribution in [2.75, 3.05) is 17.2 Å². The highest BCUT2D eigenvalue weighted by atomic mass is 16.6. The zero-order chi connectivity index (χ0) is 36.7. The molecule has 3 amide bonds. The summed E-state index contributed by atoms with van der Waals surface area (Å²) in [6.07, 6.45) is -0.116. The second-order valence-corrected chi connectivity index (χ2v) is 14.6. The molecule has 1 atom stereocenters. The molecule has 0 bridgehead atoms. The number of nitrogens with two attached hydrogens (primary N) is 2. The number of carbonyl (C=O) groups excluding carboxylic acids is 3. The first-order chi connectivity index (χ1) is 23.5. The average Bonchev–Trinajstić information content (AvgIpc) is 3.39. The summed E-state index contributed by atoms with van der Waals surface area (Å²) in [5, 5.41) is 11.4. The van der Waals surface area contributed by atoms with Gasteiger partial charge in [0.15, 0.2) is 0 Å². The molecule has 4 rings (SSSR count). The Balaban J connectivity index is 1.82. The monoisotopic (exact) mass is 682 g/mol. The second-order valence-electron chi connectivity index (χ2n) is 14.6. The first-order valence-electron chi connectivity index (χ1n) is 16.7. The maximum Gasteiger partial charge on any atom is 0.405 e. The molecule has 0 radical (unpaired) electrons. The Morgan fingerprint density at radius 2 is 1.22 bits per heavy atom. The number of rotatable bonds is 13. The minimum atomic E-state index is -1.19. The zero-order valence-electron chi connectivity index (χ0n) is 30.0. The van der Waals surface area contributed by atoms with E-state index >= 15 is 0 Å². The molecule has 1 aromatic heterocycles. The quantitative estimate of drug-likeness (QED) is 0.109. The van der Waals surface area contributed by atoms with Gasteiger partial charge in [0.05, 0.1) is 12.8 Å². The maximum absolute atomic E-state index is 14.4. The lowest BCUT2D eigenvalue weighted by atomic mass is 9.59. The summed E-state index contributed by atoms with van der Waals surface area (Å²) in [7, 11) is 1.80. The number of anilines is 2. The highest BCUT2D eigenvalue weighted by molar-refractivity contribution is 5.95. The molecule has 0 aliphatic rings.